The van der Waals surface area contributed by atoms with Gasteiger partial charge in [0.05, 0.1) is 12.5 Å². The van der Waals surface area contributed by atoms with E-state index in [9.17, 15) is 24.6 Å². The predicted octanol–water partition coefficient (Wildman–Crippen LogP) is 5.47. The highest BCUT2D eigenvalue weighted by Gasteiger charge is 2.21. The fourth-order valence-corrected chi connectivity index (χ4v) is 4.37. The minimum Gasteiger partial charge on any atom is -0.479 e. The van der Waals surface area contributed by atoms with Crippen molar-refractivity contribution in [3.63, 3.8) is 0 Å². The zero-order valence-corrected chi connectivity index (χ0v) is 22.0. The third-order valence-corrected chi connectivity index (χ3v) is 6.15. The molecule has 0 aromatic heterocycles. The predicted molar refractivity (Wildman–Crippen MR) is 133 cm³/mol. The van der Waals surface area contributed by atoms with Crippen LogP contribution in [0.2, 0.25) is 0 Å². The molecule has 5 unspecified atom stereocenters. The molecule has 0 amide bonds. The van der Waals surface area contributed by atoms with Crippen LogP contribution < -0.4 is 0 Å². The van der Waals surface area contributed by atoms with E-state index in [-0.39, 0.29) is 25.0 Å². The number of ether oxygens (including phenoxy) is 1. The van der Waals surface area contributed by atoms with Gasteiger partial charge in [0.1, 0.15) is 0 Å². The number of carboxylic acids is 2. The summed E-state index contributed by atoms with van der Waals surface area (Å²) in [6.07, 6.45) is 6.53. The number of hydrogen-bond acceptors (Lipinski definition) is 5. The fraction of sp³-hybridized carbons (Fsp3) is 0.741. The van der Waals surface area contributed by atoms with Crippen molar-refractivity contribution in [1.82, 2.24) is 0 Å². The fourth-order valence-electron chi connectivity index (χ4n) is 4.37. The molecule has 196 valence electrons. The molecule has 0 bridgehead atoms. The molecule has 7 heteroatoms. The first kappa shape index (κ1) is 31.9. The van der Waals surface area contributed by atoms with Gasteiger partial charge in [-0.05, 0) is 62.4 Å². The van der Waals surface area contributed by atoms with Gasteiger partial charge in [-0.2, -0.15) is 0 Å². The summed E-state index contributed by atoms with van der Waals surface area (Å²) in [5.74, 6) is -1.48. The number of carboxylic acid groups (broad SMARTS) is 2. The summed E-state index contributed by atoms with van der Waals surface area (Å²) in [5.41, 5.74) is 0.959. The summed E-state index contributed by atoms with van der Waals surface area (Å²) in [4.78, 5) is 34.4. The van der Waals surface area contributed by atoms with Crippen molar-refractivity contribution in [1.29, 1.82) is 0 Å². The average molecular weight is 483 g/mol. The van der Waals surface area contributed by atoms with Crippen LogP contribution in [0.5, 0.6) is 0 Å². The van der Waals surface area contributed by atoms with Gasteiger partial charge in [-0.1, -0.05) is 59.6 Å². The number of aliphatic hydroxyl groups is 1. The third kappa shape index (κ3) is 14.2. The Morgan fingerprint density at radius 3 is 2.00 bits per heavy atom. The molecule has 0 fully saturated rings. The molecule has 0 radical (unpaired) electrons. The van der Waals surface area contributed by atoms with Crippen molar-refractivity contribution in [2.75, 3.05) is 6.61 Å². The normalized spacial score (nSPS) is 17.9. The van der Waals surface area contributed by atoms with Crippen molar-refractivity contribution in [3.05, 3.63) is 23.3 Å². The first-order valence-electron chi connectivity index (χ1n) is 12.5. The number of esters is 1. The van der Waals surface area contributed by atoms with E-state index in [1.54, 1.807) is 13.0 Å². The molecule has 0 aromatic carbocycles. The summed E-state index contributed by atoms with van der Waals surface area (Å²) < 4.78 is 4.98. The van der Waals surface area contributed by atoms with Crippen LogP contribution in [-0.4, -0.2) is 45.9 Å². The molecule has 0 spiro atoms. The van der Waals surface area contributed by atoms with E-state index in [0.29, 0.717) is 17.8 Å². The van der Waals surface area contributed by atoms with Crippen LogP contribution in [0.25, 0.3) is 0 Å². The van der Waals surface area contributed by atoms with Gasteiger partial charge >= 0.3 is 17.9 Å². The first-order valence-corrected chi connectivity index (χ1v) is 12.5. The van der Waals surface area contributed by atoms with Gasteiger partial charge in [0, 0.05) is 12.0 Å². The Balaban J connectivity index is 4.89. The van der Waals surface area contributed by atoms with Crippen molar-refractivity contribution in [2.24, 2.45) is 29.6 Å². The number of allylic oxidation sites excluding steroid dienone is 3. The molecule has 0 aliphatic rings. The number of hydrogen-bond donors (Lipinski definition) is 3. The zero-order valence-electron chi connectivity index (χ0n) is 22.0. The Kier molecular flexibility index (Phi) is 15.4. The first-order chi connectivity index (χ1) is 15.8. The summed E-state index contributed by atoms with van der Waals surface area (Å²) in [6, 6.07) is 0. The van der Waals surface area contributed by atoms with Crippen molar-refractivity contribution in [2.45, 2.75) is 93.1 Å². The smallest absolute Gasteiger partial charge is 0.332 e. The lowest BCUT2D eigenvalue weighted by Crippen LogP contribution is -2.24. The third-order valence-electron chi connectivity index (χ3n) is 6.15. The maximum Gasteiger partial charge on any atom is 0.332 e. The quantitative estimate of drug-likeness (QED) is 0.143. The highest BCUT2D eigenvalue weighted by molar-refractivity contribution is 5.88. The second-order valence-electron chi connectivity index (χ2n) is 10.2. The molecule has 7 nitrogen and oxygen atoms in total. The molecule has 0 saturated heterocycles. The van der Waals surface area contributed by atoms with Crippen molar-refractivity contribution >= 4 is 17.9 Å². The van der Waals surface area contributed by atoms with Gasteiger partial charge in [0.15, 0.2) is 6.10 Å². The number of rotatable bonds is 17. The molecule has 0 heterocycles. The molecular weight excluding hydrogens is 436 g/mol. The number of aliphatic hydroxyl groups excluding tert-OH is 1. The van der Waals surface area contributed by atoms with Crippen LogP contribution in [0.4, 0.5) is 0 Å². The molecule has 0 aromatic rings. The Morgan fingerprint density at radius 2 is 1.47 bits per heavy atom. The van der Waals surface area contributed by atoms with E-state index in [2.05, 4.69) is 40.7 Å². The van der Waals surface area contributed by atoms with Crippen LogP contribution in [0.1, 0.15) is 87.0 Å². The average Bonchev–Trinajstić information content (AvgIpc) is 2.71. The van der Waals surface area contributed by atoms with Gasteiger partial charge in [0.25, 0.3) is 0 Å². The van der Waals surface area contributed by atoms with Crippen molar-refractivity contribution < 1.29 is 34.4 Å². The number of carbonyl (C=O) groups excluding carboxylic acids is 1. The van der Waals surface area contributed by atoms with Crippen LogP contribution >= 0.6 is 0 Å². The topological polar surface area (TPSA) is 121 Å². The SMILES string of the molecule is CCC(C)CC(C)CC(C)CC(C)C=C(C)C=C(CC(C)C(=O)OCC[C@H](O)C(=O)O)C(=O)O. The van der Waals surface area contributed by atoms with Crippen molar-refractivity contribution in [3.8, 4) is 0 Å². The number of aliphatic carboxylic acids is 2. The molecule has 0 aliphatic heterocycles. The Labute approximate surface area is 205 Å². The lowest BCUT2D eigenvalue weighted by molar-refractivity contribution is -0.153. The minimum absolute atomic E-state index is 0.00125. The molecule has 0 rings (SSSR count). The Bertz CT molecular complexity index is 710. The Morgan fingerprint density at radius 1 is 0.912 bits per heavy atom. The Hall–Kier alpha value is -2.15. The molecule has 0 saturated carbocycles. The van der Waals surface area contributed by atoms with Gasteiger partial charge in [-0.25, -0.2) is 9.59 Å². The molecule has 0 aliphatic carbocycles. The monoisotopic (exact) mass is 482 g/mol. The highest BCUT2D eigenvalue weighted by Crippen LogP contribution is 2.26. The maximum absolute atomic E-state index is 12.1. The largest absolute Gasteiger partial charge is 0.479 e. The standard InChI is InChI=1S/C27H46O7/c1-8-17(2)11-18(3)12-19(4)13-20(5)14-21(6)15-23(25(29)30)16-22(7)27(33)34-10-9-24(28)26(31)32/h14-15,17-20,22,24,28H,8-13,16H2,1-7H3,(H,29,30)(H,31,32)/t17?,18?,19?,20?,22?,24-/m0/s1. The summed E-state index contributed by atoms with van der Waals surface area (Å²) in [6.45, 7) is 14.4. The second kappa shape index (κ2) is 16.5. The van der Waals surface area contributed by atoms with Gasteiger partial charge < -0.3 is 20.1 Å². The summed E-state index contributed by atoms with van der Waals surface area (Å²) in [5, 5.41) is 27.5. The minimum atomic E-state index is -1.60. The summed E-state index contributed by atoms with van der Waals surface area (Å²) >= 11 is 0. The second-order valence-corrected chi connectivity index (χ2v) is 10.2. The highest BCUT2D eigenvalue weighted by atomic mass is 16.5. The van der Waals surface area contributed by atoms with E-state index in [4.69, 9.17) is 9.84 Å². The van der Waals surface area contributed by atoms with E-state index in [1.807, 2.05) is 6.92 Å². The molecular formula is C27H46O7. The summed E-state index contributed by atoms with van der Waals surface area (Å²) in [7, 11) is 0. The van der Waals surface area contributed by atoms with Crippen LogP contribution in [0, 0.1) is 29.6 Å². The van der Waals surface area contributed by atoms with E-state index >= 15 is 0 Å². The molecule has 34 heavy (non-hydrogen) atoms. The molecule has 3 N–H and O–H groups in total. The van der Waals surface area contributed by atoms with Crippen LogP contribution in [-0.2, 0) is 19.1 Å². The molecule has 6 atom stereocenters. The van der Waals surface area contributed by atoms with E-state index in [1.165, 1.54) is 19.3 Å². The lowest BCUT2D eigenvalue weighted by atomic mass is 9.84. The maximum atomic E-state index is 12.1. The number of carbonyl (C=O) groups is 3. The van der Waals surface area contributed by atoms with Gasteiger partial charge in [-0.3, -0.25) is 4.79 Å². The van der Waals surface area contributed by atoms with Crippen LogP contribution in [0.3, 0.4) is 0 Å². The van der Waals surface area contributed by atoms with Gasteiger partial charge in [0.2, 0.25) is 0 Å². The van der Waals surface area contributed by atoms with E-state index in [0.717, 1.165) is 17.9 Å². The van der Waals surface area contributed by atoms with E-state index < -0.39 is 29.9 Å². The lowest BCUT2D eigenvalue weighted by Gasteiger charge is -2.21. The zero-order chi connectivity index (χ0) is 26.4. The van der Waals surface area contributed by atoms with Gasteiger partial charge in [-0.15, -0.1) is 0 Å². The van der Waals surface area contributed by atoms with Crippen LogP contribution in [0.15, 0.2) is 23.3 Å².